The molecule has 1 N–H and O–H groups in total. The van der Waals surface area contributed by atoms with E-state index in [0.717, 1.165) is 0 Å². The topological polar surface area (TPSA) is 69.2 Å². The van der Waals surface area contributed by atoms with E-state index in [2.05, 4.69) is 20.3 Å². The van der Waals surface area contributed by atoms with Gasteiger partial charge in [0.05, 0.1) is 6.10 Å². The van der Waals surface area contributed by atoms with Crippen LogP contribution in [0, 0.1) is 5.82 Å². The largest absolute Gasteiger partial charge is 0.461 e. The van der Waals surface area contributed by atoms with Gasteiger partial charge in [-0.15, -0.1) is 4.98 Å². The molecule has 0 aliphatic carbocycles. The highest BCUT2D eigenvalue weighted by Gasteiger charge is 2.10. The second-order valence-corrected chi connectivity index (χ2v) is 4.20. The highest BCUT2D eigenvalue weighted by atomic mass is 19.1. The van der Waals surface area contributed by atoms with Crippen molar-refractivity contribution in [1.82, 2.24) is 15.0 Å². The van der Waals surface area contributed by atoms with Gasteiger partial charge < -0.3 is 14.8 Å². The summed E-state index contributed by atoms with van der Waals surface area (Å²) in [7, 11) is 1.68. The first kappa shape index (κ1) is 14.0. The number of benzene rings is 1. The van der Waals surface area contributed by atoms with E-state index < -0.39 is 0 Å². The lowest BCUT2D eigenvalue weighted by atomic mass is 10.3. The molecule has 0 amide bonds. The Hall–Kier alpha value is -2.44. The van der Waals surface area contributed by atoms with Crippen LogP contribution in [0.2, 0.25) is 0 Å². The van der Waals surface area contributed by atoms with Crippen molar-refractivity contribution in [2.24, 2.45) is 0 Å². The number of nitrogens with zero attached hydrogens (tertiary/aromatic N) is 3. The van der Waals surface area contributed by atoms with Crippen molar-refractivity contribution in [2.75, 3.05) is 12.4 Å². The monoisotopic (exact) mass is 278 g/mol. The predicted octanol–water partition coefficient (Wildman–Crippen LogP) is 2.63. The van der Waals surface area contributed by atoms with Gasteiger partial charge in [0.2, 0.25) is 5.95 Å². The van der Waals surface area contributed by atoms with Gasteiger partial charge in [-0.2, -0.15) is 9.97 Å². The Morgan fingerprint density at radius 2 is 1.70 bits per heavy atom. The molecule has 0 saturated heterocycles. The molecule has 0 radical (unpaired) electrons. The van der Waals surface area contributed by atoms with E-state index in [1.807, 2.05) is 13.8 Å². The zero-order valence-corrected chi connectivity index (χ0v) is 11.4. The Morgan fingerprint density at radius 1 is 1.05 bits per heavy atom. The van der Waals surface area contributed by atoms with Crippen LogP contribution in [0.3, 0.4) is 0 Å². The standard InChI is InChI=1S/C13H15FN4O2/c1-8(2)19-12-16-11(15-3)17-13(18-12)20-10-6-4-9(14)5-7-10/h4-8H,1-3H3,(H,15,16,17,18). The molecule has 0 bridgehead atoms. The molecule has 20 heavy (non-hydrogen) atoms. The van der Waals surface area contributed by atoms with Crippen molar-refractivity contribution < 1.29 is 13.9 Å². The molecule has 106 valence electrons. The van der Waals surface area contributed by atoms with Crippen LogP contribution in [0.5, 0.6) is 17.8 Å². The summed E-state index contributed by atoms with van der Waals surface area (Å²) in [5.74, 6) is 0.413. The quantitative estimate of drug-likeness (QED) is 0.906. The van der Waals surface area contributed by atoms with E-state index >= 15 is 0 Å². The van der Waals surface area contributed by atoms with Gasteiger partial charge in [0, 0.05) is 7.05 Å². The number of aromatic nitrogens is 3. The lowest BCUT2D eigenvalue weighted by Gasteiger charge is -2.10. The second kappa shape index (κ2) is 6.14. The van der Waals surface area contributed by atoms with Gasteiger partial charge in [-0.25, -0.2) is 4.39 Å². The summed E-state index contributed by atoms with van der Waals surface area (Å²) in [6.07, 6.45) is -0.0687. The summed E-state index contributed by atoms with van der Waals surface area (Å²) in [5, 5.41) is 2.79. The molecule has 1 aromatic carbocycles. The lowest BCUT2D eigenvalue weighted by Crippen LogP contribution is -2.11. The molecule has 2 aromatic rings. The van der Waals surface area contributed by atoms with Gasteiger partial charge in [-0.1, -0.05) is 0 Å². The van der Waals surface area contributed by atoms with Crippen molar-refractivity contribution in [2.45, 2.75) is 20.0 Å². The zero-order valence-electron chi connectivity index (χ0n) is 11.4. The highest BCUT2D eigenvalue weighted by Crippen LogP contribution is 2.21. The van der Waals surface area contributed by atoms with Gasteiger partial charge in [0.25, 0.3) is 0 Å². The molecule has 7 heteroatoms. The molecule has 1 aromatic heterocycles. The van der Waals surface area contributed by atoms with Crippen LogP contribution in [0.1, 0.15) is 13.8 Å². The fourth-order valence-corrected chi connectivity index (χ4v) is 1.37. The summed E-state index contributed by atoms with van der Waals surface area (Å²) in [4.78, 5) is 12.1. The first-order chi connectivity index (χ1) is 9.56. The Labute approximate surface area is 116 Å². The predicted molar refractivity (Wildman–Crippen MR) is 71.6 cm³/mol. The summed E-state index contributed by atoms with van der Waals surface area (Å²) in [6.45, 7) is 3.73. The third-order valence-corrected chi connectivity index (χ3v) is 2.18. The van der Waals surface area contributed by atoms with Gasteiger partial charge in [0.1, 0.15) is 11.6 Å². The van der Waals surface area contributed by atoms with Gasteiger partial charge >= 0.3 is 12.0 Å². The fourth-order valence-electron chi connectivity index (χ4n) is 1.37. The van der Waals surface area contributed by atoms with Crippen molar-refractivity contribution in [3.63, 3.8) is 0 Å². The first-order valence-corrected chi connectivity index (χ1v) is 6.10. The summed E-state index contributed by atoms with van der Waals surface area (Å²) >= 11 is 0. The third-order valence-electron chi connectivity index (χ3n) is 2.18. The highest BCUT2D eigenvalue weighted by molar-refractivity contribution is 5.30. The summed E-state index contributed by atoms with van der Waals surface area (Å²) in [5.41, 5.74) is 0. The molecule has 2 rings (SSSR count). The van der Waals surface area contributed by atoms with E-state index in [4.69, 9.17) is 9.47 Å². The lowest BCUT2D eigenvalue weighted by molar-refractivity contribution is 0.218. The van der Waals surface area contributed by atoms with Gasteiger partial charge in [-0.05, 0) is 38.1 Å². The van der Waals surface area contributed by atoms with Crippen LogP contribution in [0.4, 0.5) is 10.3 Å². The Bertz CT molecular complexity index is 575. The molecule has 0 saturated carbocycles. The molecule has 0 fully saturated rings. The van der Waals surface area contributed by atoms with E-state index in [-0.39, 0.29) is 23.9 Å². The van der Waals surface area contributed by atoms with E-state index in [1.165, 1.54) is 24.3 Å². The second-order valence-electron chi connectivity index (χ2n) is 4.20. The number of nitrogens with one attached hydrogen (secondary N) is 1. The normalized spacial score (nSPS) is 10.4. The maximum absolute atomic E-state index is 12.8. The van der Waals surface area contributed by atoms with Crippen LogP contribution in [-0.2, 0) is 0 Å². The van der Waals surface area contributed by atoms with E-state index in [1.54, 1.807) is 7.05 Å². The molecule has 1 heterocycles. The number of ether oxygens (including phenoxy) is 2. The SMILES string of the molecule is CNc1nc(Oc2ccc(F)cc2)nc(OC(C)C)n1. The van der Waals surface area contributed by atoms with Crippen LogP contribution in [0.15, 0.2) is 24.3 Å². The Morgan fingerprint density at radius 3 is 2.30 bits per heavy atom. The molecule has 6 nitrogen and oxygen atoms in total. The fraction of sp³-hybridized carbons (Fsp3) is 0.308. The number of halogens is 1. The van der Waals surface area contributed by atoms with Crippen molar-refractivity contribution in [1.29, 1.82) is 0 Å². The summed E-state index contributed by atoms with van der Waals surface area (Å²) < 4.78 is 23.7. The third kappa shape index (κ3) is 3.78. The molecular formula is C13H15FN4O2. The Balaban J connectivity index is 2.23. The number of hydrogen-bond donors (Lipinski definition) is 1. The van der Waals surface area contributed by atoms with Crippen LogP contribution >= 0.6 is 0 Å². The minimum atomic E-state index is -0.340. The first-order valence-electron chi connectivity index (χ1n) is 6.10. The molecular weight excluding hydrogens is 263 g/mol. The van der Waals surface area contributed by atoms with Crippen LogP contribution < -0.4 is 14.8 Å². The smallest absolute Gasteiger partial charge is 0.330 e. The van der Waals surface area contributed by atoms with E-state index in [0.29, 0.717) is 11.7 Å². The van der Waals surface area contributed by atoms with Crippen molar-refractivity contribution >= 4 is 5.95 Å². The Kier molecular flexibility index (Phi) is 4.29. The van der Waals surface area contributed by atoms with Crippen LogP contribution in [0.25, 0.3) is 0 Å². The minimum Gasteiger partial charge on any atom is -0.461 e. The molecule has 0 unspecified atom stereocenters. The molecule has 0 aliphatic rings. The van der Waals surface area contributed by atoms with Crippen molar-refractivity contribution in [3.8, 4) is 17.8 Å². The average molecular weight is 278 g/mol. The average Bonchev–Trinajstić information content (AvgIpc) is 2.40. The molecule has 0 aliphatic heterocycles. The maximum atomic E-state index is 12.8. The van der Waals surface area contributed by atoms with Gasteiger partial charge in [0.15, 0.2) is 0 Å². The number of hydrogen-bond acceptors (Lipinski definition) is 6. The van der Waals surface area contributed by atoms with Crippen LogP contribution in [-0.4, -0.2) is 28.1 Å². The number of anilines is 1. The number of rotatable bonds is 5. The zero-order chi connectivity index (χ0) is 14.5. The maximum Gasteiger partial charge on any atom is 0.330 e. The van der Waals surface area contributed by atoms with E-state index in [9.17, 15) is 4.39 Å². The van der Waals surface area contributed by atoms with Gasteiger partial charge in [-0.3, -0.25) is 0 Å². The molecule has 0 atom stereocenters. The molecule has 0 spiro atoms. The summed E-state index contributed by atoms with van der Waals surface area (Å²) in [6, 6.07) is 5.80. The van der Waals surface area contributed by atoms with Crippen molar-refractivity contribution in [3.05, 3.63) is 30.1 Å². The minimum absolute atomic E-state index is 0.0687.